The lowest BCUT2D eigenvalue weighted by Crippen LogP contribution is -2.22. The van der Waals surface area contributed by atoms with Gasteiger partial charge in [0.1, 0.15) is 0 Å². The minimum absolute atomic E-state index is 0.0390. The van der Waals surface area contributed by atoms with E-state index >= 15 is 0 Å². The number of carbonyl (C=O) groups is 2. The topological polar surface area (TPSA) is 80.1 Å². The van der Waals surface area contributed by atoms with Gasteiger partial charge in [0, 0.05) is 36.8 Å². The molecule has 1 saturated heterocycles. The summed E-state index contributed by atoms with van der Waals surface area (Å²) in [5, 5.41) is 12.4. The highest BCUT2D eigenvalue weighted by molar-refractivity contribution is 7.99. The lowest BCUT2D eigenvalue weighted by Gasteiger charge is -2.17. The van der Waals surface area contributed by atoms with Crippen molar-refractivity contribution in [2.75, 3.05) is 29.1 Å². The van der Waals surface area contributed by atoms with E-state index < -0.39 is 0 Å². The molecule has 2 heterocycles. The largest absolute Gasteiger partial charge is 0.341 e. The third kappa shape index (κ3) is 4.22. The van der Waals surface area contributed by atoms with Gasteiger partial charge in [-0.15, -0.1) is 10.2 Å². The standard InChI is InChI=1S/C20H25N5O2S/c1-2-18(27)21-15-7-5-14(6-8-15)17(26)13-28-20-23-22-19(24-11-3-4-12-24)25(20)16-9-10-16/h5-8,16H,2-4,9-13H2,1H3,(H,21,27). The van der Waals surface area contributed by atoms with Crippen LogP contribution in [0.3, 0.4) is 0 Å². The van der Waals surface area contributed by atoms with Gasteiger partial charge in [0.25, 0.3) is 0 Å². The quantitative estimate of drug-likeness (QED) is 0.540. The SMILES string of the molecule is CCC(=O)Nc1ccc(C(=O)CSc2nnc(N3CCCC3)n2C2CC2)cc1. The first-order valence-electron chi connectivity index (χ1n) is 9.91. The van der Waals surface area contributed by atoms with Crippen molar-refractivity contribution in [3.05, 3.63) is 29.8 Å². The number of rotatable bonds is 8. The van der Waals surface area contributed by atoms with Crippen LogP contribution in [0.5, 0.6) is 0 Å². The molecule has 8 heteroatoms. The van der Waals surface area contributed by atoms with E-state index in [2.05, 4.69) is 25.0 Å². The number of anilines is 2. The average molecular weight is 400 g/mol. The summed E-state index contributed by atoms with van der Waals surface area (Å²) in [5.74, 6) is 1.30. The molecule has 1 aromatic heterocycles. The molecule has 1 saturated carbocycles. The van der Waals surface area contributed by atoms with Crippen LogP contribution in [0.15, 0.2) is 29.4 Å². The zero-order valence-corrected chi connectivity index (χ0v) is 16.9. The number of aromatic nitrogens is 3. The van der Waals surface area contributed by atoms with E-state index in [9.17, 15) is 9.59 Å². The molecule has 28 heavy (non-hydrogen) atoms. The Bertz CT molecular complexity index is 854. The van der Waals surface area contributed by atoms with Crippen LogP contribution >= 0.6 is 11.8 Å². The van der Waals surface area contributed by atoms with Crippen LogP contribution in [-0.2, 0) is 4.79 Å². The van der Waals surface area contributed by atoms with E-state index in [1.54, 1.807) is 31.2 Å². The minimum atomic E-state index is -0.0390. The van der Waals surface area contributed by atoms with E-state index in [4.69, 9.17) is 0 Å². The van der Waals surface area contributed by atoms with Crippen LogP contribution in [0, 0.1) is 0 Å². The van der Waals surface area contributed by atoms with Gasteiger partial charge >= 0.3 is 0 Å². The molecule has 0 atom stereocenters. The molecule has 1 N–H and O–H groups in total. The molecule has 1 aliphatic heterocycles. The Morgan fingerprint density at radius 2 is 1.86 bits per heavy atom. The Hall–Kier alpha value is -2.35. The molecule has 2 aromatic rings. The lowest BCUT2D eigenvalue weighted by atomic mass is 10.1. The zero-order chi connectivity index (χ0) is 19.5. The van der Waals surface area contributed by atoms with Crippen LogP contribution < -0.4 is 10.2 Å². The highest BCUT2D eigenvalue weighted by Crippen LogP contribution is 2.41. The van der Waals surface area contributed by atoms with Crippen molar-refractivity contribution < 1.29 is 9.59 Å². The number of ketones is 1. The van der Waals surface area contributed by atoms with Crippen molar-refractivity contribution in [1.82, 2.24) is 14.8 Å². The van der Waals surface area contributed by atoms with Gasteiger partial charge in [-0.25, -0.2) is 0 Å². The highest BCUT2D eigenvalue weighted by atomic mass is 32.2. The lowest BCUT2D eigenvalue weighted by molar-refractivity contribution is -0.115. The molecule has 4 rings (SSSR count). The molecule has 1 amide bonds. The molecule has 0 bridgehead atoms. The summed E-state index contributed by atoms with van der Waals surface area (Å²) in [6.07, 6.45) is 5.15. The fourth-order valence-electron chi connectivity index (χ4n) is 3.36. The van der Waals surface area contributed by atoms with E-state index in [1.165, 1.54) is 24.6 Å². The average Bonchev–Trinajstić information content (AvgIpc) is 3.23. The molecule has 0 unspecified atom stereocenters. The summed E-state index contributed by atoms with van der Waals surface area (Å²) >= 11 is 1.46. The van der Waals surface area contributed by atoms with Gasteiger partial charge < -0.3 is 10.2 Å². The summed E-state index contributed by atoms with van der Waals surface area (Å²) < 4.78 is 2.23. The molecule has 2 fully saturated rings. The Morgan fingerprint density at radius 1 is 1.14 bits per heavy atom. The van der Waals surface area contributed by atoms with E-state index in [0.29, 0.717) is 29.5 Å². The van der Waals surface area contributed by atoms with E-state index in [-0.39, 0.29) is 11.7 Å². The number of thioether (sulfide) groups is 1. The number of nitrogens with zero attached hydrogens (tertiary/aromatic N) is 4. The Balaban J connectivity index is 1.40. The monoisotopic (exact) mass is 399 g/mol. The molecule has 1 aromatic carbocycles. The smallest absolute Gasteiger partial charge is 0.228 e. The molecular weight excluding hydrogens is 374 g/mol. The molecule has 0 radical (unpaired) electrons. The van der Waals surface area contributed by atoms with Crippen LogP contribution in [0.25, 0.3) is 0 Å². The van der Waals surface area contributed by atoms with Gasteiger partial charge in [0.05, 0.1) is 5.75 Å². The maximum atomic E-state index is 12.6. The van der Waals surface area contributed by atoms with E-state index in [1.807, 2.05) is 0 Å². The predicted octanol–water partition coefficient (Wildman–Crippen LogP) is 3.54. The summed E-state index contributed by atoms with van der Waals surface area (Å²) in [7, 11) is 0. The van der Waals surface area contributed by atoms with Gasteiger partial charge in [-0.1, -0.05) is 18.7 Å². The third-order valence-electron chi connectivity index (χ3n) is 5.09. The van der Waals surface area contributed by atoms with E-state index in [0.717, 1.165) is 37.0 Å². The summed E-state index contributed by atoms with van der Waals surface area (Å²) in [6.45, 7) is 3.88. The second-order valence-electron chi connectivity index (χ2n) is 7.27. The second kappa shape index (κ2) is 8.34. The van der Waals surface area contributed by atoms with Crippen molar-refractivity contribution in [1.29, 1.82) is 0 Å². The molecule has 2 aliphatic rings. The Labute approximate surface area is 168 Å². The minimum Gasteiger partial charge on any atom is -0.341 e. The molecular formula is C20H25N5O2S. The maximum Gasteiger partial charge on any atom is 0.228 e. The van der Waals surface area contributed by atoms with Crippen LogP contribution in [0.4, 0.5) is 11.6 Å². The van der Waals surface area contributed by atoms with Crippen molar-refractivity contribution in [2.24, 2.45) is 0 Å². The number of Topliss-reactive ketones (excluding diaryl/α,β-unsaturated/α-hetero) is 1. The molecule has 7 nitrogen and oxygen atoms in total. The normalized spacial score (nSPS) is 16.4. The van der Waals surface area contributed by atoms with Gasteiger partial charge in [0.2, 0.25) is 11.9 Å². The van der Waals surface area contributed by atoms with Gasteiger partial charge in [-0.05, 0) is 49.9 Å². The molecule has 148 valence electrons. The van der Waals surface area contributed by atoms with Crippen molar-refractivity contribution >= 4 is 35.1 Å². The van der Waals surface area contributed by atoms with Crippen LogP contribution in [-0.4, -0.2) is 45.3 Å². The number of hydrogen-bond donors (Lipinski definition) is 1. The first kappa shape index (κ1) is 19.0. The summed E-state index contributed by atoms with van der Waals surface area (Å²) in [5.41, 5.74) is 1.35. The molecule has 0 spiro atoms. The van der Waals surface area contributed by atoms with Gasteiger partial charge in [-0.2, -0.15) is 0 Å². The van der Waals surface area contributed by atoms with Crippen molar-refractivity contribution in [3.8, 4) is 0 Å². The zero-order valence-electron chi connectivity index (χ0n) is 16.1. The van der Waals surface area contributed by atoms with Crippen LogP contribution in [0.1, 0.15) is 55.4 Å². The maximum absolute atomic E-state index is 12.6. The van der Waals surface area contributed by atoms with Gasteiger partial charge in [0.15, 0.2) is 10.9 Å². The number of benzene rings is 1. The van der Waals surface area contributed by atoms with Gasteiger partial charge in [-0.3, -0.25) is 14.2 Å². The summed E-state index contributed by atoms with van der Waals surface area (Å²) in [4.78, 5) is 26.3. The fourth-order valence-corrected chi connectivity index (χ4v) is 4.25. The van der Waals surface area contributed by atoms with Crippen LogP contribution in [0.2, 0.25) is 0 Å². The Kier molecular flexibility index (Phi) is 5.66. The Morgan fingerprint density at radius 3 is 2.50 bits per heavy atom. The molecule has 1 aliphatic carbocycles. The van der Waals surface area contributed by atoms with Crippen molar-refractivity contribution in [3.63, 3.8) is 0 Å². The first-order valence-corrected chi connectivity index (χ1v) is 10.9. The number of hydrogen-bond acceptors (Lipinski definition) is 6. The summed E-state index contributed by atoms with van der Waals surface area (Å²) in [6, 6.07) is 7.53. The first-order chi connectivity index (χ1) is 13.7. The number of nitrogens with one attached hydrogen (secondary N) is 1. The number of carbonyl (C=O) groups excluding carboxylic acids is 2. The third-order valence-corrected chi connectivity index (χ3v) is 6.03. The highest BCUT2D eigenvalue weighted by Gasteiger charge is 2.32. The number of amides is 1. The predicted molar refractivity (Wildman–Crippen MR) is 110 cm³/mol. The fraction of sp³-hybridized carbons (Fsp3) is 0.500. The second-order valence-corrected chi connectivity index (χ2v) is 8.21. The van der Waals surface area contributed by atoms with Crippen molar-refractivity contribution in [2.45, 2.75) is 50.2 Å².